The molecule has 0 saturated heterocycles. The summed E-state index contributed by atoms with van der Waals surface area (Å²) in [6.07, 6.45) is 3.39. The van der Waals surface area contributed by atoms with Gasteiger partial charge in [0.2, 0.25) is 0 Å². The average Bonchev–Trinajstić information content (AvgIpc) is 2.65. The van der Waals surface area contributed by atoms with Crippen LogP contribution in [0.3, 0.4) is 0 Å². The summed E-state index contributed by atoms with van der Waals surface area (Å²) in [6.45, 7) is -2.80. The zero-order valence-corrected chi connectivity index (χ0v) is 9.56. The molecule has 0 amide bonds. The van der Waals surface area contributed by atoms with Gasteiger partial charge in [-0.15, -0.1) is 0 Å². The van der Waals surface area contributed by atoms with Gasteiger partial charge >= 0.3 is 6.61 Å². The Hall–Kier alpha value is -1.43. The summed E-state index contributed by atoms with van der Waals surface area (Å²) in [7, 11) is 0. The lowest BCUT2D eigenvalue weighted by atomic mass is 10.3. The Bertz CT molecular complexity index is 470. The Balaban J connectivity index is 2.23. The molecule has 1 aromatic heterocycles. The average molecular weight is 289 g/mol. The van der Waals surface area contributed by atoms with Crippen LogP contribution in [-0.4, -0.2) is 16.2 Å². The maximum atomic E-state index is 11.9. The molecule has 0 aliphatic rings. The first-order valence-corrected chi connectivity index (χ1v) is 5.20. The van der Waals surface area contributed by atoms with Crippen molar-refractivity contribution < 1.29 is 13.5 Å². The molecule has 0 bridgehead atoms. The van der Waals surface area contributed by atoms with Gasteiger partial charge in [0.05, 0.1) is 0 Å². The van der Waals surface area contributed by atoms with Crippen molar-refractivity contribution in [2.75, 3.05) is 0 Å². The summed E-state index contributed by atoms with van der Waals surface area (Å²) in [4.78, 5) is 3.99. The second-order valence-electron chi connectivity index (χ2n) is 2.94. The minimum Gasteiger partial charge on any atom is -0.435 e. The number of hydrogen-bond acceptors (Lipinski definition) is 2. The third-order valence-corrected chi connectivity index (χ3v) is 2.52. The maximum absolute atomic E-state index is 11.9. The van der Waals surface area contributed by atoms with E-state index >= 15 is 0 Å². The second-order valence-corrected chi connectivity index (χ2v) is 3.65. The fourth-order valence-electron chi connectivity index (χ4n) is 1.27. The number of rotatable bonds is 3. The molecule has 1 aromatic carbocycles. The van der Waals surface area contributed by atoms with E-state index < -0.39 is 6.61 Å². The van der Waals surface area contributed by atoms with E-state index in [4.69, 9.17) is 0 Å². The fourth-order valence-corrected chi connectivity index (χ4v) is 1.71. The number of hydrogen-bond donors (Lipinski definition) is 0. The first-order chi connectivity index (χ1) is 7.66. The number of aromatic nitrogens is 2. The Kier molecular flexibility index (Phi) is 3.19. The highest BCUT2D eigenvalue weighted by Gasteiger charge is 2.05. The fraction of sp³-hybridized carbons (Fsp3) is 0.100. The zero-order valence-electron chi connectivity index (χ0n) is 7.98. The van der Waals surface area contributed by atoms with E-state index in [0.29, 0.717) is 4.73 Å². The van der Waals surface area contributed by atoms with Crippen molar-refractivity contribution in [3.05, 3.63) is 41.4 Å². The van der Waals surface area contributed by atoms with Crippen LogP contribution in [0, 0.1) is 0 Å². The SMILES string of the molecule is FC(F)Oc1ccc(-n2ccnc2Br)cc1. The topological polar surface area (TPSA) is 27.1 Å². The number of nitrogens with zero attached hydrogens (tertiary/aromatic N) is 2. The Morgan fingerprint density at radius 3 is 2.44 bits per heavy atom. The summed E-state index contributed by atoms with van der Waals surface area (Å²) in [6, 6.07) is 6.30. The van der Waals surface area contributed by atoms with E-state index in [-0.39, 0.29) is 5.75 Å². The van der Waals surface area contributed by atoms with Gasteiger partial charge in [-0.25, -0.2) is 4.98 Å². The van der Waals surface area contributed by atoms with Crippen molar-refractivity contribution in [2.24, 2.45) is 0 Å². The molecule has 0 saturated carbocycles. The molecule has 16 heavy (non-hydrogen) atoms. The van der Waals surface area contributed by atoms with Crippen molar-refractivity contribution in [2.45, 2.75) is 6.61 Å². The lowest BCUT2D eigenvalue weighted by Crippen LogP contribution is -2.02. The van der Waals surface area contributed by atoms with Crippen LogP contribution in [0.4, 0.5) is 8.78 Å². The minimum absolute atomic E-state index is 0.134. The van der Waals surface area contributed by atoms with Gasteiger partial charge < -0.3 is 4.74 Å². The van der Waals surface area contributed by atoms with Crippen LogP contribution >= 0.6 is 15.9 Å². The van der Waals surface area contributed by atoms with Crippen LogP contribution in [-0.2, 0) is 0 Å². The predicted molar refractivity (Wildman–Crippen MR) is 57.9 cm³/mol. The van der Waals surface area contributed by atoms with Crippen LogP contribution in [0.1, 0.15) is 0 Å². The highest BCUT2D eigenvalue weighted by molar-refractivity contribution is 9.10. The molecule has 6 heteroatoms. The van der Waals surface area contributed by atoms with E-state index in [2.05, 4.69) is 25.7 Å². The molecule has 0 N–H and O–H groups in total. The third kappa shape index (κ3) is 2.38. The molecule has 0 atom stereocenters. The molecular weight excluding hydrogens is 282 g/mol. The van der Waals surface area contributed by atoms with Gasteiger partial charge in [-0.1, -0.05) is 0 Å². The Labute approximate surface area is 98.8 Å². The molecule has 2 rings (SSSR count). The van der Waals surface area contributed by atoms with Crippen molar-refractivity contribution in [1.29, 1.82) is 0 Å². The van der Waals surface area contributed by atoms with Crippen molar-refractivity contribution >= 4 is 15.9 Å². The molecular formula is C10H7BrF2N2O. The van der Waals surface area contributed by atoms with E-state index in [1.807, 2.05) is 0 Å². The van der Waals surface area contributed by atoms with Crippen molar-refractivity contribution in [3.8, 4) is 11.4 Å². The number of ether oxygens (including phenoxy) is 1. The molecule has 1 heterocycles. The highest BCUT2D eigenvalue weighted by Crippen LogP contribution is 2.19. The lowest BCUT2D eigenvalue weighted by Gasteiger charge is -2.06. The summed E-state index contributed by atoms with van der Waals surface area (Å²) in [5.74, 6) is 0.134. The molecule has 3 nitrogen and oxygen atoms in total. The van der Waals surface area contributed by atoms with Gasteiger partial charge in [0.1, 0.15) is 5.75 Å². The van der Waals surface area contributed by atoms with Crippen LogP contribution in [0.5, 0.6) is 5.75 Å². The molecule has 0 aliphatic heterocycles. The largest absolute Gasteiger partial charge is 0.435 e. The summed E-state index contributed by atoms with van der Waals surface area (Å²) < 4.78 is 30.5. The Morgan fingerprint density at radius 2 is 1.94 bits per heavy atom. The highest BCUT2D eigenvalue weighted by atomic mass is 79.9. The van der Waals surface area contributed by atoms with Gasteiger partial charge in [0.15, 0.2) is 4.73 Å². The van der Waals surface area contributed by atoms with Crippen LogP contribution < -0.4 is 4.74 Å². The Morgan fingerprint density at radius 1 is 1.25 bits per heavy atom. The standard InChI is InChI=1S/C10H7BrF2N2O/c11-9-14-5-6-15(9)7-1-3-8(4-2-7)16-10(12)13/h1-6,10H. The normalized spacial score (nSPS) is 10.8. The first kappa shape index (κ1) is 11.1. The van der Waals surface area contributed by atoms with Gasteiger partial charge in [-0.2, -0.15) is 8.78 Å². The second kappa shape index (κ2) is 4.61. The maximum Gasteiger partial charge on any atom is 0.387 e. The van der Waals surface area contributed by atoms with E-state index in [1.54, 1.807) is 29.1 Å². The molecule has 0 fully saturated rings. The number of alkyl halides is 2. The van der Waals surface area contributed by atoms with Gasteiger partial charge in [0, 0.05) is 18.1 Å². The van der Waals surface area contributed by atoms with Crippen molar-refractivity contribution in [3.63, 3.8) is 0 Å². The quantitative estimate of drug-likeness (QED) is 0.867. The van der Waals surface area contributed by atoms with Crippen molar-refractivity contribution in [1.82, 2.24) is 9.55 Å². The number of benzene rings is 1. The number of halogens is 3. The first-order valence-electron chi connectivity index (χ1n) is 4.41. The monoisotopic (exact) mass is 288 g/mol. The molecule has 84 valence electrons. The lowest BCUT2D eigenvalue weighted by molar-refractivity contribution is -0.0498. The summed E-state index contributed by atoms with van der Waals surface area (Å²) in [5.41, 5.74) is 0.811. The summed E-state index contributed by atoms with van der Waals surface area (Å²) in [5, 5.41) is 0. The van der Waals surface area contributed by atoms with Crippen LogP contribution in [0.25, 0.3) is 5.69 Å². The van der Waals surface area contributed by atoms with E-state index in [1.165, 1.54) is 12.1 Å². The molecule has 0 aliphatic carbocycles. The molecule has 0 unspecified atom stereocenters. The molecule has 0 spiro atoms. The summed E-state index contributed by atoms with van der Waals surface area (Å²) >= 11 is 3.26. The van der Waals surface area contributed by atoms with Gasteiger partial charge in [-0.05, 0) is 40.2 Å². The smallest absolute Gasteiger partial charge is 0.387 e. The van der Waals surface area contributed by atoms with Crippen LogP contribution in [0.15, 0.2) is 41.4 Å². The zero-order chi connectivity index (χ0) is 11.5. The minimum atomic E-state index is -2.80. The number of imidazole rings is 1. The van der Waals surface area contributed by atoms with Gasteiger partial charge in [0.25, 0.3) is 0 Å². The third-order valence-electron chi connectivity index (χ3n) is 1.94. The predicted octanol–water partition coefficient (Wildman–Crippen LogP) is 3.24. The molecule has 0 radical (unpaired) electrons. The van der Waals surface area contributed by atoms with E-state index in [9.17, 15) is 8.78 Å². The van der Waals surface area contributed by atoms with Gasteiger partial charge in [-0.3, -0.25) is 4.57 Å². The molecule has 2 aromatic rings. The van der Waals surface area contributed by atoms with Crippen LogP contribution in [0.2, 0.25) is 0 Å². The van der Waals surface area contributed by atoms with E-state index in [0.717, 1.165) is 5.69 Å².